The lowest BCUT2D eigenvalue weighted by Gasteiger charge is -2.16. The van der Waals surface area contributed by atoms with Gasteiger partial charge in [-0.15, -0.1) is 0 Å². The highest BCUT2D eigenvalue weighted by molar-refractivity contribution is 7.92. The van der Waals surface area contributed by atoms with Gasteiger partial charge < -0.3 is 15.4 Å². The van der Waals surface area contributed by atoms with Crippen LogP contribution in [0.3, 0.4) is 0 Å². The number of sulfonamides is 1. The van der Waals surface area contributed by atoms with Gasteiger partial charge in [0.2, 0.25) is 6.41 Å². The molecule has 178 valence electrons. The van der Waals surface area contributed by atoms with Crippen LogP contribution in [0.2, 0.25) is 0 Å². The van der Waals surface area contributed by atoms with Crippen molar-refractivity contribution in [3.05, 3.63) is 76.8 Å². The summed E-state index contributed by atoms with van der Waals surface area (Å²) in [5.41, 5.74) is 1.35. The van der Waals surface area contributed by atoms with Crippen LogP contribution >= 0.6 is 0 Å². The van der Waals surface area contributed by atoms with Crippen LogP contribution in [-0.2, 0) is 14.8 Å². The molecule has 0 spiro atoms. The topological polar surface area (TPSA) is 165 Å². The third kappa shape index (κ3) is 5.09. The van der Waals surface area contributed by atoms with E-state index in [-0.39, 0.29) is 22.2 Å². The number of carbonyl (C=O) groups excluding carboxylic acids is 1. The molecule has 0 unspecified atom stereocenters. The fourth-order valence-electron chi connectivity index (χ4n) is 3.20. The van der Waals surface area contributed by atoms with E-state index in [9.17, 15) is 23.3 Å². The number of rotatable bonds is 9. The number of methoxy groups -OCH3 is 1. The predicted octanol–water partition coefficient (Wildman–Crippen LogP) is 3.66. The molecule has 13 heteroatoms. The first-order chi connectivity index (χ1) is 16.8. The molecule has 1 aromatic heterocycles. The summed E-state index contributed by atoms with van der Waals surface area (Å²) in [4.78, 5) is 29.8. The molecule has 1 heterocycles. The summed E-state index contributed by atoms with van der Waals surface area (Å²) in [6.07, 6.45) is 0.514. The van der Waals surface area contributed by atoms with Gasteiger partial charge in [0.15, 0.2) is 11.6 Å². The fourth-order valence-corrected chi connectivity index (χ4v) is 4.25. The van der Waals surface area contributed by atoms with Gasteiger partial charge in [-0.3, -0.25) is 19.6 Å². The van der Waals surface area contributed by atoms with Gasteiger partial charge in [-0.25, -0.2) is 18.4 Å². The van der Waals surface area contributed by atoms with E-state index < -0.39 is 14.9 Å². The Labute approximate surface area is 199 Å². The van der Waals surface area contributed by atoms with E-state index in [2.05, 4.69) is 25.3 Å². The summed E-state index contributed by atoms with van der Waals surface area (Å²) in [5.74, 6) is 0.286. The SMILES string of the molecule is COc1ccc(NC=O)cc1Nc1nc2ccccc2nc1NS(=O)(=O)c1cccc([N+](=O)[O-])c1. The van der Waals surface area contributed by atoms with Crippen LogP contribution in [0.4, 0.5) is 28.7 Å². The molecule has 0 aliphatic rings. The summed E-state index contributed by atoms with van der Waals surface area (Å²) >= 11 is 0. The number of nitrogens with zero attached hydrogens (tertiary/aromatic N) is 3. The zero-order valence-electron chi connectivity index (χ0n) is 18.1. The molecule has 0 saturated carbocycles. The molecule has 35 heavy (non-hydrogen) atoms. The Morgan fingerprint density at radius 1 is 0.971 bits per heavy atom. The summed E-state index contributed by atoms with van der Waals surface area (Å²) in [7, 11) is -2.82. The molecule has 3 aromatic carbocycles. The van der Waals surface area contributed by atoms with Crippen molar-refractivity contribution in [2.75, 3.05) is 22.5 Å². The van der Waals surface area contributed by atoms with Crippen LogP contribution in [0, 0.1) is 10.1 Å². The second-order valence-corrected chi connectivity index (χ2v) is 8.75. The average molecular weight is 494 g/mol. The fraction of sp³-hybridized carbons (Fsp3) is 0.0455. The number of nitrogens with one attached hydrogen (secondary N) is 3. The van der Waals surface area contributed by atoms with Gasteiger partial charge in [-0.1, -0.05) is 18.2 Å². The monoisotopic (exact) mass is 494 g/mol. The molecule has 0 radical (unpaired) electrons. The van der Waals surface area contributed by atoms with Crippen molar-refractivity contribution in [2.45, 2.75) is 4.90 Å². The van der Waals surface area contributed by atoms with Crippen LogP contribution in [-0.4, -0.2) is 36.8 Å². The number of anilines is 4. The lowest BCUT2D eigenvalue weighted by molar-refractivity contribution is -0.385. The van der Waals surface area contributed by atoms with Gasteiger partial charge in [0.1, 0.15) is 5.75 Å². The first-order valence-electron chi connectivity index (χ1n) is 10.00. The zero-order chi connectivity index (χ0) is 25.0. The number of nitro benzene ring substituents is 1. The lowest BCUT2D eigenvalue weighted by Crippen LogP contribution is -2.16. The highest BCUT2D eigenvalue weighted by Crippen LogP contribution is 2.33. The highest BCUT2D eigenvalue weighted by Gasteiger charge is 2.22. The molecule has 4 aromatic rings. The van der Waals surface area contributed by atoms with E-state index in [1.165, 1.54) is 25.3 Å². The lowest BCUT2D eigenvalue weighted by atomic mass is 10.2. The van der Waals surface area contributed by atoms with Crippen molar-refractivity contribution in [3.63, 3.8) is 0 Å². The number of hydrogen-bond donors (Lipinski definition) is 3. The zero-order valence-corrected chi connectivity index (χ0v) is 18.9. The van der Waals surface area contributed by atoms with Gasteiger partial charge in [0, 0.05) is 17.8 Å². The Hall–Kier alpha value is -4.78. The minimum Gasteiger partial charge on any atom is -0.495 e. The van der Waals surface area contributed by atoms with E-state index in [1.807, 2.05) is 0 Å². The summed E-state index contributed by atoms with van der Waals surface area (Å²) in [6.45, 7) is 0. The van der Waals surface area contributed by atoms with Gasteiger partial charge >= 0.3 is 0 Å². The molecule has 12 nitrogen and oxygen atoms in total. The molecular formula is C22H18N6O6S. The van der Waals surface area contributed by atoms with Crippen LogP contribution in [0.25, 0.3) is 11.0 Å². The molecule has 0 fully saturated rings. The predicted molar refractivity (Wildman–Crippen MR) is 129 cm³/mol. The van der Waals surface area contributed by atoms with Crippen molar-refractivity contribution in [2.24, 2.45) is 0 Å². The number of hydrogen-bond acceptors (Lipinski definition) is 9. The number of fused-ring (bicyclic) bond motifs is 1. The van der Waals surface area contributed by atoms with Crippen molar-refractivity contribution in [1.29, 1.82) is 0 Å². The number of nitro groups is 1. The Morgan fingerprint density at radius 3 is 2.34 bits per heavy atom. The third-order valence-corrected chi connectivity index (χ3v) is 6.16. The van der Waals surface area contributed by atoms with Crippen molar-refractivity contribution < 1.29 is 22.9 Å². The number of ether oxygens (including phenoxy) is 1. The summed E-state index contributed by atoms with van der Waals surface area (Å²) in [6, 6.07) is 16.3. The first-order valence-corrected chi connectivity index (χ1v) is 11.5. The van der Waals surface area contributed by atoms with Crippen molar-refractivity contribution in [1.82, 2.24) is 9.97 Å². The Balaban J connectivity index is 1.80. The number of benzene rings is 3. The number of carbonyl (C=O) groups is 1. The molecule has 3 N–H and O–H groups in total. The molecule has 0 bridgehead atoms. The molecule has 0 aliphatic heterocycles. The molecular weight excluding hydrogens is 476 g/mol. The number of para-hydroxylation sites is 2. The van der Waals surface area contributed by atoms with Gasteiger partial charge in [0.05, 0.1) is 33.6 Å². The van der Waals surface area contributed by atoms with Crippen LogP contribution in [0.5, 0.6) is 5.75 Å². The van der Waals surface area contributed by atoms with E-state index in [4.69, 9.17) is 4.74 Å². The Morgan fingerprint density at radius 2 is 1.69 bits per heavy atom. The van der Waals surface area contributed by atoms with Crippen LogP contribution < -0.4 is 20.1 Å². The maximum atomic E-state index is 13.1. The van der Waals surface area contributed by atoms with E-state index in [1.54, 1.807) is 42.5 Å². The standard InChI is InChI=1S/C22H18N6O6S/c1-34-20-10-9-14(23-13-29)11-19(20)26-21-22(25-18-8-3-2-7-17(18)24-21)27-35(32,33)16-6-4-5-15(12-16)28(30)31/h2-13H,1H3,(H,23,29)(H,24,26)(H,25,27). The Kier molecular flexibility index (Phi) is 6.42. The molecule has 0 aliphatic carbocycles. The summed E-state index contributed by atoms with van der Waals surface area (Å²) < 4.78 is 33.9. The van der Waals surface area contributed by atoms with Crippen LogP contribution in [0.15, 0.2) is 71.6 Å². The van der Waals surface area contributed by atoms with E-state index in [0.29, 0.717) is 34.6 Å². The average Bonchev–Trinajstić information content (AvgIpc) is 2.84. The van der Waals surface area contributed by atoms with E-state index in [0.717, 1.165) is 6.07 Å². The first kappa shape index (κ1) is 23.4. The smallest absolute Gasteiger partial charge is 0.270 e. The van der Waals surface area contributed by atoms with Crippen molar-refractivity contribution >= 4 is 56.2 Å². The van der Waals surface area contributed by atoms with Gasteiger partial charge in [-0.05, 0) is 36.4 Å². The second kappa shape index (κ2) is 9.61. The Bertz CT molecular complexity index is 1540. The minimum absolute atomic E-state index is 0.0410. The highest BCUT2D eigenvalue weighted by atomic mass is 32.2. The normalized spacial score (nSPS) is 11.0. The third-order valence-electron chi connectivity index (χ3n) is 4.82. The van der Waals surface area contributed by atoms with Gasteiger partial charge in [-0.2, -0.15) is 0 Å². The quantitative estimate of drug-likeness (QED) is 0.179. The van der Waals surface area contributed by atoms with Gasteiger partial charge in [0.25, 0.3) is 15.7 Å². The second-order valence-electron chi connectivity index (χ2n) is 7.07. The number of non-ortho nitro benzene ring substituents is 1. The minimum atomic E-state index is -4.27. The maximum absolute atomic E-state index is 13.1. The van der Waals surface area contributed by atoms with E-state index >= 15 is 0 Å². The maximum Gasteiger partial charge on any atom is 0.270 e. The van der Waals surface area contributed by atoms with Crippen molar-refractivity contribution in [3.8, 4) is 5.75 Å². The molecule has 1 amide bonds. The molecule has 4 rings (SSSR count). The number of amides is 1. The largest absolute Gasteiger partial charge is 0.495 e. The summed E-state index contributed by atoms with van der Waals surface area (Å²) in [5, 5.41) is 16.6. The molecule has 0 saturated heterocycles. The molecule has 0 atom stereocenters. The van der Waals surface area contributed by atoms with Crippen LogP contribution in [0.1, 0.15) is 0 Å². The number of aromatic nitrogens is 2.